The van der Waals surface area contributed by atoms with E-state index in [1.165, 1.54) is 6.08 Å². The van der Waals surface area contributed by atoms with Gasteiger partial charge in [-0.25, -0.2) is 4.79 Å². The van der Waals surface area contributed by atoms with E-state index >= 15 is 0 Å². The molecule has 0 aliphatic rings. The van der Waals surface area contributed by atoms with Gasteiger partial charge in [-0.05, 0) is 18.6 Å². The highest BCUT2D eigenvalue weighted by molar-refractivity contribution is 6.39. The molecule has 0 fully saturated rings. The van der Waals surface area contributed by atoms with Crippen LogP contribution in [0.2, 0.25) is 0 Å². The fourth-order valence-corrected chi connectivity index (χ4v) is 1.09. The van der Waals surface area contributed by atoms with Gasteiger partial charge in [-0.15, -0.1) is 0 Å². The first-order valence-electron chi connectivity index (χ1n) is 4.90. The number of carbonyl (C=O) groups is 1. The van der Waals surface area contributed by atoms with E-state index in [0.29, 0.717) is 0 Å². The van der Waals surface area contributed by atoms with Crippen molar-refractivity contribution < 1.29 is 14.3 Å². The van der Waals surface area contributed by atoms with Crippen molar-refractivity contribution in [2.45, 2.75) is 6.92 Å². The smallest absolute Gasteiger partial charge is 0.421 e. The molecule has 0 bridgehead atoms. The maximum absolute atomic E-state index is 11.2. The zero-order valence-corrected chi connectivity index (χ0v) is 8.96. The topological polar surface area (TPSA) is 62.7 Å². The van der Waals surface area contributed by atoms with Gasteiger partial charge >= 0.3 is 11.7 Å². The molecule has 0 unspecified atom stereocenters. The van der Waals surface area contributed by atoms with E-state index in [2.05, 4.69) is 4.79 Å². The van der Waals surface area contributed by atoms with E-state index in [-0.39, 0.29) is 12.3 Å². The van der Waals surface area contributed by atoms with E-state index < -0.39 is 5.97 Å². The number of hydrogen-bond donors (Lipinski definition) is 0. The van der Waals surface area contributed by atoms with Crippen molar-refractivity contribution in [2.75, 3.05) is 6.61 Å². The van der Waals surface area contributed by atoms with Gasteiger partial charge in [0.15, 0.2) is 0 Å². The summed E-state index contributed by atoms with van der Waals surface area (Å²) >= 11 is 0. The molecule has 82 valence electrons. The highest BCUT2D eigenvalue weighted by Gasteiger charge is 2.17. The lowest BCUT2D eigenvalue weighted by Crippen LogP contribution is -2.16. The van der Waals surface area contributed by atoms with Crippen LogP contribution in [0, 0.1) is 0 Å². The van der Waals surface area contributed by atoms with E-state index in [4.69, 9.17) is 10.3 Å². The highest BCUT2D eigenvalue weighted by Crippen LogP contribution is 2.01. The van der Waals surface area contributed by atoms with Gasteiger partial charge in [-0.2, -0.15) is 4.79 Å². The number of ether oxygens (including phenoxy) is 1. The Labute approximate surface area is 93.8 Å². The summed E-state index contributed by atoms with van der Waals surface area (Å²) < 4.78 is 4.70. The molecule has 0 amide bonds. The third kappa shape index (κ3) is 3.52. The fraction of sp³-hybridized carbons (Fsp3) is 0.167. The van der Waals surface area contributed by atoms with Crippen LogP contribution in [0.1, 0.15) is 12.5 Å². The van der Waals surface area contributed by atoms with Crippen LogP contribution in [0.3, 0.4) is 0 Å². The normalized spacial score (nSPS) is 9.81. The maximum Gasteiger partial charge on any atom is 0.421 e. The predicted octanol–water partition coefficient (Wildman–Crippen LogP) is 1.93. The minimum absolute atomic E-state index is 0.120. The molecule has 0 aliphatic carbocycles. The summed E-state index contributed by atoms with van der Waals surface area (Å²) in [5, 5.41) is 0. The molecule has 4 heteroatoms. The van der Waals surface area contributed by atoms with Crippen molar-refractivity contribution >= 4 is 17.8 Å². The molecule has 4 nitrogen and oxygen atoms in total. The van der Waals surface area contributed by atoms with Crippen LogP contribution in [0.4, 0.5) is 0 Å². The summed E-state index contributed by atoms with van der Waals surface area (Å²) in [5.74, 6) is -0.641. The minimum atomic E-state index is -0.641. The molecule has 0 aliphatic heterocycles. The van der Waals surface area contributed by atoms with Gasteiger partial charge in [0, 0.05) is 6.08 Å². The van der Waals surface area contributed by atoms with Crippen LogP contribution >= 0.6 is 0 Å². The van der Waals surface area contributed by atoms with E-state index in [9.17, 15) is 4.79 Å². The zero-order valence-electron chi connectivity index (χ0n) is 8.96. The van der Waals surface area contributed by atoms with Crippen LogP contribution in [0.5, 0.6) is 0 Å². The van der Waals surface area contributed by atoms with E-state index in [1.807, 2.05) is 30.3 Å². The second-order valence-electron chi connectivity index (χ2n) is 2.95. The average molecular weight is 216 g/mol. The van der Waals surface area contributed by atoms with E-state index in [1.54, 1.807) is 13.0 Å². The monoisotopic (exact) mass is 216 g/mol. The Morgan fingerprint density at radius 1 is 1.44 bits per heavy atom. The van der Waals surface area contributed by atoms with E-state index in [0.717, 1.165) is 5.56 Å². The largest absolute Gasteiger partial charge is 0.457 e. The molecule has 0 heterocycles. The first-order valence-corrected chi connectivity index (χ1v) is 4.90. The van der Waals surface area contributed by atoms with Gasteiger partial charge in [0.2, 0.25) is 0 Å². The lowest BCUT2D eigenvalue weighted by Gasteiger charge is -1.93. The first-order chi connectivity index (χ1) is 7.77. The Morgan fingerprint density at radius 3 is 2.69 bits per heavy atom. The van der Waals surface area contributed by atoms with Crippen molar-refractivity contribution in [1.82, 2.24) is 0 Å². The predicted molar refractivity (Wildman–Crippen MR) is 60.7 cm³/mol. The standard InChI is InChI=1S/C12H12N2O2/c1-2-16-12(15)11(14-13)9-8-10-6-4-3-5-7-10/h3-9H,2H2,1H3/b9-8-. The molecular formula is C12H12N2O2. The van der Waals surface area contributed by atoms with Gasteiger partial charge in [0.05, 0.1) is 6.61 Å². The molecule has 1 aromatic carbocycles. The second kappa shape index (κ2) is 6.32. The molecule has 0 saturated carbocycles. The first kappa shape index (κ1) is 11.9. The Bertz CT molecular complexity index is 432. The summed E-state index contributed by atoms with van der Waals surface area (Å²) in [4.78, 5) is 14.1. The molecule has 1 aromatic rings. The van der Waals surface area contributed by atoms with Crippen LogP contribution in [0.15, 0.2) is 36.4 Å². The van der Waals surface area contributed by atoms with Crippen molar-refractivity contribution in [3.8, 4) is 0 Å². The van der Waals surface area contributed by atoms with Crippen molar-refractivity contribution in [3.63, 3.8) is 0 Å². The Balaban J connectivity index is 2.76. The average Bonchev–Trinajstić information content (AvgIpc) is 2.31. The van der Waals surface area contributed by atoms with Crippen molar-refractivity contribution in [1.29, 1.82) is 0 Å². The van der Waals surface area contributed by atoms with Gasteiger partial charge < -0.3 is 10.3 Å². The van der Waals surface area contributed by atoms with Crippen molar-refractivity contribution in [3.05, 3.63) is 47.5 Å². The Morgan fingerprint density at radius 2 is 2.12 bits per heavy atom. The Kier molecular flexibility index (Phi) is 4.70. The highest BCUT2D eigenvalue weighted by atomic mass is 16.5. The lowest BCUT2D eigenvalue weighted by atomic mass is 10.2. The summed E-state index contributed by atoms with van der Waals surface area (Å²) in [7, 11) is 0. The molecular weight excluding hydrogens is 204 g/mol. The number of benzene rings is 1. The summed E-state index contributed by atoms with van der Waals surface area (Å²) in [5.41, 5.74) is 9.43. The SMILES string of the molecule is CCOC(=O)C(/C=C\c1ccccc1)=[N+]=[N-]. The molecule has 1 rings (SSSR count). The van der Waals surface area contributed by atoms with Gasteiger partial charge in [-0.1, -0.05) is 30.3 Å². The third-order valence-corrected chi connectivity index (χ3v) is 1.83. The zero-order chi connectivity index (χ0) is 11.8. The number of nitrogens with zero attached hydrogens (tertiary/aromatic N) is 2. The number of rotatable bonds is 4. The van der Waals surface area contributed by atoms with Gasteiger partial charge in [0.1, 0.15) is 0 Å². The lowest BCUT2D eigenvalue weighted by molar-refractivity contribution is -0.139. The Hall–Kier alpha value is -2.19. The number of hydrogen-bond acceptors (Lipinski definition) is 2. The van der Waals surface area contributed by atoms with Gasteiger partial charge in [0.25, 0.3) is 0 Å². The second-order valence-corrected chi connectivity index (χ2v) is 2.95. The summed E-state index contributed by atoms with van der Waals surface area (Å²) in [6, 6.07) is 9.39. The quantitative estimate of drug-likeness (QED) is 0.334. The van der Waals surface area contributed by atoms with Crippen LogP contribution < -0.4 is 0 Å². The van der Waals surface area contributed by atoms with Crippen LogP contribution in [-0.4, -0.2) is 23.1 Å². The molecule has 0 saturated heterocycles. The van der Waals surface area contributed by atoms with Gasteiger partial charge in [-0.3, -0.25) is 0 Å². The minimum Gasteiger partial charge on any atom is -0.457 e. The molecule has 0 spiro atoms. The third-order valence-electron chi connectivity index (χ3n) is 1.83. The molecule has 0 N–H and O–H groups in total. The molecule has 0 radical (unpaired) electrons. The molecule has 0 aromatic heterocycles. The summed E-state index contributed by atoms with van der Waals surface area (Å²) in [6.07, 6.45) is 3.08. The van der Waals surface area contributed by atoms with Crippen molar-refractivity contribution in [2.24, 2.45) is 0 Å². The maximum atomic E-state index is 11.2. The summed E-state index contributed by atoms with van der Waals surface area (Å²) in [6.45, 7) is 1.94. The fourth-order valence-electron chi connectivity index (χ4n) is 1.09. The van der Waals surface area contributed by atoms with Crippen LogP contribution in [-0.2, 0) is 9.53 Å². The number of esters is 1. The molecule has 16 heavy (non-hydrogen) atoms. The van der Waals surface area contributed by atoms with Crippen LogP contribution in [0.25, 0.3) is 11.6 Å². The molecule has 0 atom stereocenters. The number of carbonyl (C=O) groups excluding carboxylic acids is 1.